The van der Waals surface area contributed by atoms with Crippen LogP contribution in [0.4, 0.5) is 0 Å². The van der Waals surface area contributed by atoms with Gasteiger partial charge >= 0.3 is 0 Å². The molecule has 0 radical (unpaired) electrons. The Hall–Kier alpha value is -1.12. The van der Waals surface area contributed by atoms with E-state index >= 15 is 0 Å². The maximum Gasteiger partial charge on any atom is 0.170 e. The molecule has 1 aromatic rings. The highest BCUT2D eigenvalue weighted by atomic mass is 16.1. The zero-order chi connectivity index (χ0) is 11.5. The van der Waals surface area contributed by atoms with Crippen LogP contribution in [0.2, 0.25) is 0 Å². The number of carbonyl (C=O) groups is 1. The minimum Gasteiger partial charge on any atom is -0.328 e. The van der Waals surface area contributed by atoms with Gasteiger partial charge in [-0.3, -0.25) is 4.79 Å². The van der Waals surface area contributed by atoms with E-state index in [-0.39, 0.29) is 0 Å². The Morgan fingerprint density at radius 2 is 2.31 bits per heavy atom. The number of hydrogen-bond donors (Lipinski definition) is 0. The van der Waals surface area contributed by atoms with Crippen LogP contribution in [0, 0.1) is 0 Å². The van der Waals surface area contributed by atoms with Crippen LogP contribution in [0.1, 0.15) is 67.6 Å². The molecular formula is C13H20N2O. The van der Waals surface area contributed by atoms with Crippen LogP contribution in [-0.4, -0.2) is 15.8 Å². The average molecular weight is 220 g/mol. The van der Waals surface area contributed by atoms with Crippen molar-refractivity contribution in [2.45, 2.75) is 58.4 Å². The van der Waals surface area contributed by atoms with Gasteiger partial charge in [-0.15, -0.1) is 0 Å². The van der Waals surface area contributed by atoms with Crippen molar-refractivity contribution in [1.82, 2.24) is 9.55 Å². The van der Waals surface area contributed by atoms with Gasteiger partial charge in [0.1, 0.15) is 11.5 Å². The smallest absolute Gasteiger partial charge is 0.170 e. The summed E-state index contributed by atoms with van der Waals surface area (Å²) in [6, 6.07) is 0.562. The van der Waals surface area contributed by atoms with Gasteiger partial charge in [-0.05, 0) is 32.1 Å². The number of hydrogen-bond acceptors (Lipinski definition) is 2. The fraction of sp³-hybridized carbons (Fsp3) is 0.692. The second kappa shape index (κ2) is 4.81. The highest BCUT2D eigenvalue weighted by molar-refractivity contribution is 5.74. The van der Waals surface area contributed by atoms with Gasteiger partial charge in [0.05, 0.1) is 0 Å². The molecule has 16 heavy (non-hydrogen) atoms. The molecule has 88 valence electrons. The summed E-state index contributed by atoms with van der Waals surface area (Å²) in [5, 5.41) is 0. The van der Waals surface area contributed by atoms with E-state index in [2.05, 4.69) is 23.4 Å². The Labute approximate surface area is 96.9 Å². The van der Waals surface area contributed by atoms with Crippen LogP contribution in [0.25, 0.3) is 0 Å². The molecule has 0 N–H and O–H groups in total. The Bertz CT molecular complexity index is 382. The van der Waals surface area contributed by atoms with Crippen LogP contribution in [0.5, 0.6) is 0 Å². The van der Waals surface area contributed by atoms with Gasteiger partial charge in [0.25, 0.3) is 0 Å². The normalized spacial score (nSPS) is 19.5. The first-order valence-corrected chi connectivity index (χ1v) is 6.36. The minimum absolute atomic E-state index is 0.562. The SMILES string of the molecule is CCCc1nc(C=O)c2n1C(CC)CCC2. The molecule has 0 spiro atoms. The molecule has 0 saturated heterocycles. The molecular weight excluding hydrogens is 200 g/mol. The van der Waals surface area contributed by atoms with Gasteiger partial charge in [0, 0.05) is 18.2 Å². The van der Waals surface area contributed by atoms with E-state index in [1.807, 2.05) is 0 Å². The third-order valence-electron chi connectivity index (χ3n) is 3.49. The Morgan fingerprint density at radius 1 is 1.50 bits per heavy atom. The van der Waals surface area contributed by atoms with Crippen molar-refractivity contribution >= 4 is 6.29 Å². The maximum atomic E-state index is 11.0. The predicted octanol–water partition coefficient (Wildman–Crippen LogP) is 2.94. The highest BCUT2D eigenvalue weighted by Gasteiger charge is 2.24. The summed E-state index contributed by atoms with van der Waals surface area (Å²) < 4.78 is 2.34. The highest BCUT2D eigenvalue weighted by Crippen LogP contribution is 2.30. The molecule has 1 atom stereocenters. The van der Waals surface area contributed by atoms with Crippen LogP contribution in [0.15, 0.2) is 0 Å². The molecule has 0 saturated carbocycles. The number of nitrogens with zero attached hydrogens (tertiary/aromatic N) is 2. The number of imidazole rings is 1. The molecule has 2 heterocycles. The molecule has 0 aromatic carbocycles. The fourth-order valence-corrected chi connectivity index (χ4v) is 2.73. The van der Waals surface area contributed by atoms with Crippen LogP contribution in [0.3, 0.4) is 0 Å². The molecule has 1 aliphatic heterocycles. The minimum atomic E-state index is 0.562. The molecule has 3 heteroatoms. The molecule has 1 aromatic heterocycles. The second-order valence-corrected chi connectivity index (χ2v) is 4.55. The van der Waals surface area contributed by atoms with Crippen molar-refractivity contribution in [3.8, 4) is 0 Å². The lowest BCUT2D eigenvalue weighted by molar-refractivity contribution is 0.111. The second-order valence-electron chi connectivity index (χ2n) is 4.55. The molecule has 2 rings (SSSR count). The predicted molar refractivity (Wildman–Crippen MR) is 63.9 cm³/mol. The van der Waals surface area contributed by atoms with Crippen molar-refractivity contribution in [3.05, 3.63) is 17.2 Å². The summed E-state index contributed by atoms with van der Waals surface area (Å²) in [5.74, 6) is 1.12. The lowest BCUT2D eigenvalue weighted by atomic mass is 9.99. The van der Waals surface area contributed by atoms with Gasteiger partial charge in [-0.25, -0.2) is 4.98 Å². The quantitative estimate of drug-likeness (QED) is 0.731. The van der Waals surface area contributed by atoms with Gasteiger partial charge < -0.3 is 4.57 Å². The van der Waals surface area contributed by atoms with E-state index < -0.39 is 0 Å². The molecule has 0 aliphatic carbocycles. The lowest BCUT2D eigenvalue weighted by Crippen LogP contribution is -2.19. The van der Waals surface area contributed by atoms with E-state index in [1.165, 1.54) is 18.5 Å². The van der Waals surface area contributed by atoms with Crippen molar-refractivity contribution in [1.29, 1.82) is 0 Å². The summed E-state index contributed by atoms with van der Waals surface area (Å²) in [6.45, 7) is 4.38. The summed E-state index contributed by atoms with van der Waals surface area (Å²) in [5.41, 5.74) is 1.86. The number of aromatic nitrogens is 2. The van der Waals surface area contributed by atoms with E-state index in [0.29, 0.717) is 11.7 Å². The lowest BCUT2D eigenvalue weighted by Gasteiger charge is -2.26. The molecule has 1 aliphatic rings. The van der Waals surface area contributed by atoms with Crippen molar-refractivity contribution in [3.63, 3.8) is 0 Å². The van der Waals surface area contributed by atoms with E-state index in [9.17, 15) is 4.79 Å². The Kier molecular flexibility index (Phi) is 3.42. The molecule has 1 unspecified atom stereocenters. The molecule has 0 bridgehead atoms. The summed E-state index contributed by atoms with van der Waals surface area (Å²) >= 11 is 0. The third kappa shape index (κ3) is 1.79. The first-order chi connectivity index (χ1) is 7.81. The molecule has 0 fully saturated rings. The van der Waals surface area contributed by atoms with Gasteiger partial charge in [-0.2, -0.15) is 0 Å². The zero-order valence-electron chi connectivity index (χ0n) is 10.2. The Balaban J connectivity index is 2.46. The van der Waals surface area contributed by atoms with Crippen LogP contribution < -0.4 is 0 Å². The largest absolute Gasteiger partial charge is 0.328 e. The first-order valence-electron chi connectivity index (χ1n) is 6.36. The third-order valence-corrected chi connectivity index (χ3v) is 3.49. The van der Waals surface area contributed by atoms with E-state index in [1.54, 1.807) is 0 Å². The zero-order valence-corrected chi connectivity index (χ0v) is 10.2. The number of rotatable bonds is 4. The first kappa shape index (κ1) is 11.4. The molecule has 0 amide bonds. The Morgan fingerprint density at radius 3 is 2.94 bits per heavy atom. The van der Waals surface area contributed by atoms with Gasteiger partial charge in [-0.1, -0.05) is 13.8 Å². The number of aryl methyl sites for hydroxylation is 1. The molecule has 3 nitrogen and oxygen atoms in total. The summed E-state index contributed by atoms with van der Waals surface area (Å²) in [7, 11) is 0. The van der Waals surface area contributed by atoms with E-state index in [4.69, 9.17) is 0 Å². The summed E-state index contributed by atoms with van der Waals surface area (Å²) in [6.07, 6.45) is 7.57. The van der Waals surface area contributed by atoms with Crippen molar-refractivity contribution < 1.29 is 4.79 Å². The number of aldehydes is 1. The topological polar surface area (TPSA) is 34.9 Å². The van der Waals surface area contributed by atoms with Crippen LogP contribution >= 0.6 is 0 Å². The number of carbonyl (C=O) groups excluding carboxylic acids is 1. The van der Waals surface area contributed by atoms with Gasteiger partial charge in [0.2, 0.25) is 0 Å². The van der Waals surface area contributed by atoms with Gasteiger partial charge in [0.15, 0.2) is 6.29 Å². The fourth-order valence-electron chi connectivity index (χ4n) is 2.73. The summed E-state index contributed by atoms with van der Waals surface area (Å²) in [4.78, 5) is 15.5. The maximum absolute atomic E-state index is 11.0. The number of fused-ring (bicyclic) bond motifs is 1. The van der Waals surface area contributed by atoms with Crippen molar-refractivity contribution in [2.75, 3.05) is 0 Å². The van der Waals surface area contributed by atoms with Crippen molar-refractivity contribution in [2.24, 2.45) is 0 Å². The monoisotopic (exact) mass is 220 g/mol. The van der Waals surface area contributed by atoms with Crippen LogP contribution in [-0.2, 0) is 12.8 Å². The van der Waals surface area contributed by atoms with E-state index in [0.717, 1.165) is 37.8 Å². The average Bonchev–Trinajstić information content (AvgIpc) is 2.68. The standard InChI is InChI=1S/C13H20N2O/c1-3-6-13-14-11(9-16)12-8-5-7-10(4-2)15(12)13/h9-10H,3-8H2,1-2H3.